The maximum Gasteiger partial charge on any atom is 0.128 e. The van der Waals surface area contributed by atoms with Gasteiger partial charge in [-0.15, -0.1) is 0 Å². The number of benzene rings is 1. The molecule has 1 aromatic rings. The van der Waals surface area contributed by atoms with Crippen molar-refractivity contribution < 1.29 is 4.74 Å². The van der Waals surface area contributed by atoms with Crippen LogP contribution >= 0.6 is 11.6 Å². The first-order chi connectivity index (χ1) is 5.27. The SMILES string of the molecule is COc1[c]cc(CN)c(Cl)c1. The lowest BCUT2D eigenvalue weighted by Gasteiger charge is -2.02. The second-order valence-corrected chi connectivity index (χ2v) is 2.49. The molecule has 0 bridgehead atoms. The highest BCUT2D eigenvalue weighted by Crippen LogP contribution is 2.20. The average molecular weight is 171 g/mol. The lowest BCUT2D eigenvalue weighted by atomic mass is 10.2. The van der Waals surface area contributed by atoms with E-state index < -0.39 is 0 Å². The van der Waals surface area contributed by atoms with Crippen LogP contribution in [0.15, 0.2) is 12.1 Å². The third kappa shape index (κ3) is 1.85. The largest absolute Gasteiger partial charge is 0.496 e. The zero-order valence-electron chi connectivity index (χ0n) is 6.23. The second-order valence-electron chi connectivity index (χ2n) is 2.08. The van der Waals surface area contributed by atoms with Crippen LogP contribution in [0.1, 0.15) is 5.56 Å². The van der Waals surface area contributed by atoms with Crippen LogP contribution in [0, 0.1) is 6.07 Å². The molecule has 1 radical (unpaired) electrons. The van der Waals surface area contributed by atoms with Crippen molar-refractivity contribution in [1.29, 1.82) is 0 Å². The van der Waals surface area contributed by atoms with E-state index in [1.807, 2.05) is 0 Å². The minimum Gasteiger partial charge on any atom is -0.496 e. The summed E-state index contributed by atoms with van der Waals surface area (Å²) in [6.45, 7) is 0.430. The van der Waals surface area contributed by atoms with E-state index >= 15 is 0 Å². The molecule has 59 valence electrons. The Morgan fingerprint density at radius 1 is 1.73 bits per heavy atom. The topological polar surface area (TPSA) is 35.2 Å². The number of hydrogen-bond acceptors (Lipinski definition) is 2. The fourth-order valence-electron chi connectivity index (χ4n) is 0.751. The quantitative estimate of drug-likeness (QED) is 0.732. The molecule has 0 fully saturated rings. The van der Waals surface area contributed by atoms with Gasteiger partial charge in [0, 0.05) is 17.6 Å². The lowest BCUT2D eigenvalue weighted by molar-refractivity contribution is 0.414. The number of hydrogen-bond donors (Lipinski definition) is 1. The first kappa shape index (κ1) is 8.37. The summed E-state index contributed by atoms with van der Waals surface area (Å²) in [5.41, 5.74) is 6.28. The third-order valence-corrected chi connectivity index (χ3v) is 1.74. The standard InChI is InChI=1S/C8H9ClNO/c1-11-7-3-2-6(5-10)8(9)4-7/h2,4H,5,10H2,1H3. The van der Waals surface area contributed by atoms with Gasteiger partial charge < -0.3 is 10.5 Å². The number of halogens is 1. The highest BCUT2D eigenvalue weighted by atomic mass is 35.5. The predicted molar refractivity (Wildman–Crippen MR) is 44.7 cm³/mol. The predicted octanol–water partition coefficient (Wildman–Crippen LogP) is 1.61. The van der Waals surface area contributed by atoms with Gasteiger partial charge in [-0.1, -0.05) is 11.6 Å². The van der Waals surface area contributed by atoms with Gasteiger partial charge in [0.25, 0.3) is 0 Å². The minimum atomic E-state index is 0.430. The summed E-state index contributed by atoms with van der Waals surface area (Å²) in [5, 5.41) is 0.628. The van der Waals surface area contributed by atoms with Gasteiger partial charge in [0.15, 0.2) is 0 Å². The van der Waals surface area contributed by atoms with Crippen LogP contribution in [0.5, 0.6) is 5.75 Å². The fourth-order valence-corrected chi connectivity index (χ4v) is 0.982. The van der Waals surface area contributed by atoms with Crippen molar-refractivity contribution in [3.05, 3.63) is 28.8 Å². The van der Waals surface area contributed by atoms with E-state index in [0.717, 1.165) is 5.56 Å². The summed E-state index contributed by atoms with van der Waals surface area (Å²) < 4.78 is 4.91. The van der Waals surface area contributed by atoms with Crippen LogP contribution in [-0.4, -0.2) is 7.11 Å². The fraction of sp³-hybridized carbons (Fsp3) is 0.250. The highest BCUT2D eigenvalue weighted by molar-refractivity contribution is 6.31. The van der Waals surface area contributed by atoms with Crippen molar-refractivity contribution in [3.63, 3.8) is 0 Å². The van der Waals surface area contributed by atoms with Crippen molar-refractivity contribution >= 4 is 11.6 Å². The molecule has 0 saturated heterocycles. The van der Waals surface area contributed by atoms with Crippen molar-refractivity contribution in [2.75, 3.05) is 7.11 Å². The minimum absolute atomic E-state index is 0.430. The number of rotatable bonds is 2. The van der Waals surface area contributed by atoms with Gasteiger partial charge in [-0.2, -0.15) is 0 Å². The van der Waals surface area contributed by atoms with Gasteiger partial charge in [0.05, 0.1) is 7.11 Å². The molecule has 11 heavy (non-hydrogen) atoms. The average Bonchev–Trinajstić information content (AvgIpc) is 2.04. The van der Waals surface area contributed by atoms with Crippen LogP contribution < -0.4 is 10.5 Å². The first-order valence-corrected chi connectivity index (χ1v) is 3.60. The molecule has 1 rings (SSSR count). The normalized spacial score (nSPS) is 9.73. The summed E-state index contributed by atoms with van der Waals surface area (Å²) >= 11 is 5.83. The molecule has 3 heteroatoms. The summed E-state index contributed by atoms with van der Waals surface area (Å²) in [7, 11) is 1.57. The molecule has 0 saturated carbocycles. The molecule has 0 aliphatic carbocycles. The summed E-state index contributed by atoms with van der Waals surface area (Å²) in [6.07, 6.45) is 0. The maximum atomic E-state index is 5.83. The summed E-state index contributed by atoms with van der Waals surface area (Å²) in [4.78, 5) is 0. The highest BCUT2D eigenvalue weighted by Gasteiger charge is 1.99. The number of ether oxygens (including phenoxy) is 1. The molecule has 0 amide bonds. The first-order valence-electron chi connectivity index (χ1n) is 3.22. The Morgan fingerprint density at radius 3 is 2.91 bits per heavy atom. The van der Waals surface area contributed by atoms with E-state index in [1.165, 1.54) is 0 Å². The molecular weight excluding hydrogens is 162 g/mol. The Labute approximate surface area is 70.9 Å². The van der Waals surface area contributed by atoms with Crippen molar-refractivity contribution in [3.8, 4) is 5.75 Å². The van der Waals surface area contributed by atoms with E-state index in [4.69, 9.17) is 22.1 Å². The van der Waals surface area contributed by atoms with E-state index in [1.54, 1.807) is 19.2 Å². The Morgan fingerprint density at radius 2 is 2.45 bits per heavy atom. The summed E-state index contributed by atoms with van der Waals surface area (Å²) in [5.74, 6) is 0.632. The van der Waals surface area contributed by atoms with Gasteiger partial charge >= 0.3 is 0 Å². The second kappa shape index (κ2) is 3.60. The molecule has 0 heterocycles. The zero-order valence-corrected chi connectivity index (χ0v) is 6.98. The molecular formula is C8H9ClNO. The molecule has 0 unspecified atom stereocenters. The zero-order chi connectivity index (χ0) is 8.27. The molecule has 2 nitrogen and oxygen atoms in total. The van der Waals surface area contributed by atoms with Crippen LogP contribution in [0.25, 0.3) is 0 Å². The Balaban J connectivity index is 2.99. The van der Waals surface area contributed by atoms with Crippen molar-refractivity contribution in [1.82, 2.24) is 0 Å². The van der Waals surface area contributed by atoms with Crippen LogP contribution in [0.3, 0.4) is 0 Å². The molecule has 0 spiro atoms. The van der Waals surface area contributed by atoms with E-state index in [-0.39, 0.29) is 0 Å². The van der Waals surface area contributed by atoms with Crippen LogP contribution in [0.4, 0.5) is 0 Å². The Kier molecular flexibility index (Phi) is 2.74. The van der Waals surface area contributed by atoms with Crippen LogP contribution in [0.2, 0.25) is 5.02 Å². The maximum absolute atomic E-state index is 5.83. The van der Waals surface area contributed by atoms with E-state index in [0.29, 0.717) is 17.3 Å². The monoisotopic (exact) mass is 170 g/mol. The lowest BCUT2D eigenvalue weighted by Crippen LogP contribution is -1.97. The van der Waals surface area contributed by atoms with Gasteiger partial charge in [-0.25, -0.2) is 0 Å². The molecule has 0 atom stereocenters. The molecule has 2 N–H and O–H groups in total. The van der Waals surface area contributed by atoms with E-state index in [9.17, 15) is 0 Å². The molecule has 0 aliphatic rings. The number of methoxy groups -OCH3 is 1. The van der Waals surface area contributed by atoms with Gasteiger partial charge in [0.2, 0.25) is 0 Å². The van der Waals surface area contributed by atoms with Gasteiger partial charge in [0.1, 0.15) is 5.75 Å². The molecule has 0 aromatic heterocycles. The summed E-state index contributed by atoms with van der Waals surface area (Å²) in [6, 6.07) is 6.33. The molecule has 1 aromatic carbocycles. The smallest absolute Gasteiger partial charge is 0.128 e. The number of nitrogens with two attached hydrogens (primary N) is 1. The van der Waals surface area contributed by atoms with Crippen LogP contribution in [-0.2, 0) is 6.54 Å². The van der Waals surface area contributed by atoms with E-state index in [2.05, 4.69) is 6.07 Å². The Hall–Kier alpha value is -0.730. The third-order valence-electron chi connectivity index (χ3n) is 1.39. The van der Waals surface area contributed by atoms with Crippen molar-refractivity contribution in [2.45, 2.75) is 6.54 Å². The molecule has 0 aliphatic heterocycles. The van der Waals surface area contributed by atoms with Crippen molar-refractivity contribution in [2.24, 2.45) is 5.73 Å². The van der Waals surface area contributed by atoms with Gasteiger partial charge in [-0.3, -0.25) is 0 Å². The van der Waals surface area contributed by atoms with Gasteiger partial charge in [-0.05, 0) is 17.7 Å². The Bertz CT molecular complexity index is 250.